The van der Waals surface area contributed by atoms with Crippen LogP contribution in [0.25, 0.3) is 0 Å². The number of amides is 3. The van der Waals surface area contributed by atoms with Gasteiger partial charge in [-0.05, 0) is 19.8 Å². The van der Waals surface area contributed by atoms with Gasteiger partial charge in [-0.1, -0.05) is 0 Å². The maximum absolute atomic E-state index is 12.5. The minimum atomic E-state index is -1.49. The topological polar surface area (TPSA) is 203 Å². The van der Waals surface area contributed by atoms with E-state index >= 15 is 0 Å². The van der Waals surface area contributed by atoms with Crippen molar-refractivity contribution in [3.8, 4) is 0 Å². The Morgan fingerprint density at radius 3 is 2.26 bits per heavy atom. The molecule has 3 amide bonds. The van der Waals surface area contributed by atoms with Crippen molar-refractivity contribution in [3.63, 3.8) is 0 Å². The lowest BCUT2D eigenvalue weighted by molar-refractivity contribution is -0.150. The second-order valence-corrected chi connectivity index (χ2v) is 6.29. The molecule has 0 spiro atoms. The Hall–Kier alpha value is -2.28. The number of aliphatic carboxylic acids is 1. The number of nitrogens with zero attached hydrogens (tertiary/aromatic N) is 1. The summed E-state index contributed by atoms with van der Waals surface area (Å²) >= 11 is 0. The van der Waals surface area contributed by atoms with Gasteiger partial charge in [0.1, 0.15) is 24.2 Å². The van der Waals surface area contributed by atoms with Crippen molar-refractivity contribution in [3.05, 3.63) is 0 Å². The number of rotatable bonds is 9. The summed E-state index contributed by atoms with van der Waals surface area (Å²) in [6, 6.07) is -5.29. The zero-order valence-corrected chi connectivity index (χ0v) is 14.9. The van der Waals surface area contributed by atoms with E-state index in [1.165, 1.54) is 6.92 Å². The number of nitrogens with one attached hydrogen (secondary N) is 2. The Bertz CT molecular complexity index is 570. The van der Waals surface area contributed by atoms with Crippen LogP contribution in [0.2, 0.25) is 0 Å². The van der Waals surface area contributed by atoms with E-state index < -0.39 is 67.2 Å². The highest BCUT2D eigenvalue weighted by atomic mass is 16.4. The average molecular weight is 390 g/mol. The molecule has 8 N–H and O–H groups in total. The fourth-order valence-electron chi connectivity index (χ4n) is 2.68. The molecule has 1 aliphatic rings. The number of carboxylic acid groups (broad SMARTS) is 1. The molecule has 0 saturated carbocycles. The van der Waals surface area contributed by atoms with Gasteiger partial charge in [0.15, 0.2) is 0 Å². The molecule has 0 aromatic carbocycles. The number of likely N-dealkylation sites (tertiary alicyclic amines) is 1. The molecule has 1 heterocycles. The molecule has 27 heavy (non-hydrogen) atoms. The third-order valence-corrected chi connectivity index (χ3v) is 4.21. The van der Waals surface area contributed by atoms with Crippen molar-refractivity contribution in [1.29, 1.82) is 0 Å². The SMILES string of the molecule is CC(O)C(NC(=O)C(N)CO)C(=O)NC(CO)C(=O)N1CCCC1C(=O)O. The van der Waals surface area contributed by atoms with Crippen LogP contribution in [-0.4, -0.2) is 99.0 Å². The van der Waals surface area contributed by atoms with E-state index in [2.05, 4.69) is 10.6 Å². The predicted octanol–water partition coefficient (Wildman–Crippen LogP) is -4.28. The second-order valence-electron chi connectivity index (χ2n) is 6.29. The van der Waals surface area contributed by atoms with Crippen LogP contribution >= 0.6 is 0 Å². The fraction of sp³-hybridized carbons (Fsp3) is 0.733. The van der Waals surface area contributed by atoms with Crippen LogP contribution in [0.15, 0.2) is 0 Å². The quantitative estimate of drug-likeness (QED) is 0.203. The highest BCUT2D eigenvalue weighted by Gasteiger charge is 2.38. The summed E-state index contributed by atoms with van der Waals surface area (Å²) in [5, 5.41) is 41.5. The minimum Gasteiger partial charge on any atom is -0.480 e. The fourth-order valence-corrected chi connectivity index (χ4v) is 2.68. The Morgan fingerprint density at radius 2 is 1.78 bits per heavy atom. The van der Waals surface area contributed by atoms with Crippen molar-refractivity contribution in [2.45, 2.75) is 50.0 Å². The van der Waals surface area contributed by atoms with Gasteiger partial charge in [-0.25, -0.2) is 4.79 Å². The summed E-state index contributed by atoms with van der Waals surface area (Å²) in [6.07, 6.45) is -0.633. The molecule has 0 radical (unpaired) electrons. The highest BCUT2D eigenvalue weighted by Crippen LogP contribution is 2.18. The Morgan fingerprint density at radius 1 is 1.15 bits per heavy atom. The van der Waals surface area contributed by atoms with Crippen molar-refractivity contribution < 1.29 is 39.6 Å². The van der Waals surface area contributed by atoms with Gasteiger partial charge in [-0.2, -0.15) is 0 Å². The number of hydrogen-bond donors (Lipinski definition) is 7. The lowest BCUT2D eigenvalue weighted by Crippen LogP contribution is -2.60. The van der Waals surface area contributed by atoms with Crippen LogP contribution in [-0.2, 0) is 19.2 Å². The standard InChI is InChI=1S/C15H26N4O8/c1-7(22)11(18-12(23)8(16)5-20)13(24)17-9(6-21)14(25)19-4-2-3-10(19)15(26)27/h7-11,20-22H,2-6,16H2,1H3,(H,17,24)(H,18,23)(H,26,27). The van der Waals surface area contributed by atoms with Crippen LogP contribution in [0.4, 0.5) is 0 Å². The molecule has 0 aromatic rings. The third kappa shape index (κ3) is 5.85. The molecule has 12 nitrogen and oxygen atoms in total. The number of aliphatic hydroxyl groups excluding tert-OH is 3. The van der Waals surface area contributed by atoms with E-state index in [0.717, 1.165) is 4.90 Å². The van der Waals surface area contributed by atoms with E-state index in [4.69, 9.17) is 15.9 Å². The first-order valence-corrected chi connectivity index (χ1v) is 8.43. The number of carboxylic acids is 1. The van der Waals surface area contributed by atoms with Gasteiger partial charge in [0.25, 0.3) is 0 Å². The normalized spacial score (nSPS) is 21.1. The lowest BCUT2D eigenvalue weighted by Gasteiger charge is -2.28. The summed E-state index contributed by atoms with van der Waals surface area (Å²) in [5.41, 5.74) is 5.34. The molecule has 0 bridgehead atoms. The summed E-state index contributed by atoms with van der Waals surface area (Å²) in [4.78, 5) is 48.8. The number of aliphatic hydroxyl groups is 3. The molecular formula is C15H26N4O8. The van der Waals surface area contributed by atoms with Crippen molar-refractivity contribution in [1.82, 2.24) is 15.5 Å². The first kappa shape index (κ1) is 22.8. The molecule has 0 aromatic heterocycles. The zero-order valence-electron chi connectivity index (χ0n) is 14.9. The van der Waals surface area contributed by atoms with Crippen LogP contribution in [0.5, 0.6) is 0 Å². The van der Waals surface area contributed by atoms with Crippen LogP contribution in [0.3, 0.4) is 0 Å². The number of carbonyl (C=O) groups excluding carboxylic acids is 3. The van der Waals surface area contributed by atoms with E-state index in [0.29, 0.717) is 6.42 Å². The first-order valence-electron chi connectivity index (χ1n) is 8.43. The molecular weight excluding hydrogens is 364 g/mol. The van der Waals surface area contributed by atoms with E-state index in [-0.39, 0.29) is 13.0 Å². The van der Waals surface area contributed by atoms with Crippen molar-refractivity contribution in [2.75, 3.05) is 19.8 Å². The summed E-state index contributed by atoms with van der Waals surface area (Å²) in [7, 11) is 0. The van der Waals surface area contributed by atoms with Gasteiger partial charge in [0.05, 0.1) is 19.3 Å². The number of hydrogen-bond acceptors (Lipinski definition) is 8. The van der Waals surface area contributed by atoms with Crippen molar-refractivity contribution in [2.24, 2.45) is 5.73 Å². The molecule has 5 unspecified atom stereocenters. The molecule has 12 heteroatoms. The Kier molecular flexibility index (Phi) is 8.56. The highest BCUT2D eigenvalue weighted by molar-refractivity contribution is 5.94. The van der Waals surface area contributed by atoms with Crippen molar-refractivity contribution >= 4 is 23.7 Å². The second kappa shape index (κ2) is 10.2. The van der Waals surface area contributed by atoms with E-state index in [9.17, 15) is 29.4 Å². The van der Waals surface area contributed by atoms with Crippen LogP contribution in [0, 0.1) is 0 Å². The smallest absolute Gasteiger partial charge is 0.326 e. The van der Waals surface area contributed by atoms with Crippen LogP contribution < -0.4 is 16.4 Å². The molecule has 1 aliphatic heterocycles. The third-order valence-electron chi connectivity index (χ3n) is 4.21. The Labute approximate surface area is 155 Å². The summed E-state index contributed by atoms with van der Waals surface area (Å²) in [6.45, 7) is -0.0941. The minimum absolute atomic E-state index is 0.171. The predicted molar refractivity (Wildman–Crippen MR) is 90.1 cm³/mol. The molecule has 5 atom stereocenters. The van der Waals surface area contributed by atoms with E-state index in [1.54, 1.807) is 0 Å². The first-order chi connectivity index (χ1) is 12.6. The molecule has 1 fully saturated rings. The zero-order chi connectivity index (χ0) is 20.7. The van der Waals surface area contributed by atoms with Gasteiger partial charge in [0.2, 0.25) is 17.7 Å². The summed E-state index contributed by atoms with van der Waals surface area (Å²) in [5.74, 6) is -3.83. The monoisotopic (exact) mass is 390 g/mol. The lowest BCUT2D eigenvalue weighted by atomic mass is 10.1. The van der Waals surface area contributed by atoms with Gasteiger partial charge >= 0.3 is 5.97 Å². The Balaban J connectivity index is 2.83. The maximum atomic E-state index is 12.5. The van der Waals surface area contributed by atoms with Gasteiger partial charge in [-0.3, -0.25) is 14.4 Å². The largest absolute Gasteiger partial charge is 0.480 e. The summed E-state index contributed by atoms with van der Waals surface area (Å²) < 4.78 is 0. The average Bonchev–Trinajstić information content (AvgIpc) is 3.12. The van der Waals surface area contributed by atoms with Gasteiger partial charge in [0, 0.05) is 6.54 Å². The maximum Gasteiger partial charge on any atom is 0.326 e. The number of carbonyl (C=O) groups is 4. The van der Waals surface area contributed by atoms with E-state index in [1.807, 2.05) is 0 Å². The molecule has 154 valence electrons. The molecule has 1 rings (SSSR count). The van der Waals surface area contributed by atoms with Gasteiger partial charge in [-0.15, -0.1) is 0 Å². The van der Waals surface area contributed by atoms with Gasteiger partial charge < -0.3 is 41.7 Å². The molecule has 0 aliphatic carbocycles. The molecule has 1 saturated heterocycles. The number of nitrogens with two attached hydrogens (primary N) is 1. The van der Waals surface area contributed by atoms with Crippen LogP contribution in [0.1, 0.15) is 19.8 Å².